The molecule has 0 radical (unpaired) electrons. The Labute approximate surface area is 94.2 Å². The van der Waals surface area contributed by atoms with E-state index in [1.165, 1.54) is 4.88 Å². The molecule has 1 aromatic heterocycles. The van der Waals surface area contributed by atoms with Crippen molar-refractivity contribution in [2.75, 3.05) is 20.3 Å². The van der Waals surface area contributed by atoms with E-state index in [4.69, 9.17) is 16.3 Å². The number of methoxy groups -OCH3 is 1. The molecule has 0 amide bonds. The summed E-state index contributed by atoms with van der Waals surface area (Å²) in [5.74, 6) is 0. The van der Waals surface area contributed by atoms with Gasteiger partial charge in [-0.05, 0) is 24.4 Å². The van der Waals surface area contributed by atoms with Crippen molar-refractivity contribution in [1.29, 1.82) is 0 Å². The highest BCUT2D eigenvalue weighted by atomic mass is 35.5. The lowest BCUT2D eigenvalue weighted by Crippen LogP contribution is -2.21. The molecular weight excluding hydrogens is 218 g/mol. The van der Waals surface area contributed by atoms with Gasteiger partial charge >= 0.3 is 0 Å². The van der Waals surface area contributed by atoms with Gasteiger partial charge in [-0.3, -0.25) is 0 Å². The molecule has 2 nitrogen and oxygen atoms in total. The highest BCUT2D eigenvalue weighted by molar-refractivity contribution is 7.10. The predicted molar refractivity (Wildman–Crippen MR) is 62.2 cm³/mol. The lowest BCUT2D eigenvalue weighted by molar-refractivity contribution is 0.183. The Bertz CT molecular complexity index is 264. The second-order valence-corrected chi connectivity index (χ2v) is 4.38. The fourth-order valence-corrected chi connectivity index (χ4v) is 2.66. The lowest BCUT2D eigenvalue weighted by Gasteiger charge is -2.16. The topological polar surface area (TPSA) is 21.3 Å². The average molecular weight is 234 g/mol. The van der Waals surface area contributed by atoms with Crippen LogP contribution in [0, 0.1) is 0 Å². The van der Waals surface area contributed by atoms with Gasteiger partial charge in [-0.15, -0.1) is 11.3 Å². The van der Waals surface area contributed by atoms with Crippen LogP contribution in [0.1, 0.15) is 24.3 Å². The molecule has 80 valence electrons. The fraction of sp³-hybridized carbons (Fsp3) is 0.600. The molecule has 0 aromatic carbocycles. The van der Waals surface area contributed by atoms with Crippen LogP contribution >= 0.6 is 22.9 Å². The van der Waals surface area contributed by atoms with Crippen molar-refractivity contribution in [3.05, 3.63) is 21.3 Å². The molecule has 14 heavy (non-hydrogen) atoms. The van der Waals surface area contributed by atoms with Crippen molar-refractivity contribution in [3.63, 3.8) is 0 Å². The number of nitrogens with one attached hydrogen (secondary N) is 1. The van der Waals surface area contributed by atoms with Gasteiger partial charge in [0.2, 0.25) is 0 Å². The minimum atomic E-state index is 0.326. The van der Waals surface area contributed by atoms with Gasteiger partial charge < -0.3 is 10.1 Å². The monoisotopic (exact) mass is 233 g/mol. The zero-order valence-electron chi connectivity index (χ0n) is 8.55. The smallest absolute Gasteiger partial charge is 0.0561 e. The summed E-state index contributed by atoms with van der Waals surface area (Å²) in [5, 5.41) is 6.29. The number of hydrogen-bond acceptors (Lipinski definition) is 3. The third kappa shape index (κ3) is 3.24. The van der Waals surface area contributed by atoms with Crippen molar-refractivity contribution in [2.45, 2.75) is 19.4 Å². The zero-order valence-corrected chi connectivity index (χ0v) is 10.1. The predicted octanol–water partition coefficient (Wildman–Crippen LogP) is 3.09. The van der Waals surface area contributed by atoms with Crippen LogP contribution in [0.3, 0.4) is 0 Å². The number of ether oxygens (including phenoxy) is 1. The zero-order chi connectivity index (χ0) is 10.4. The molecule has 1 atom stereocenters. The third-order valence-corrected chi connectivity index (χ3v) is 3.49. The maximum absolute atomic E-state index is 6.08. The van der Waals surface area contributed by atoms with Crippen LogP contribution in [0.5, 0.6) is 0 Å². The summed E-state index contributed by atoms with van der Waals surface area (Å²) >= 11 is 7.78. The first-order valence-electron chi connectivity index (χ1n) is 4.74. The molecule has 0 spiro atoms. The second-order valence-electron chi connectivity index (χ2n) is 3.02. The molecule has 0 saturated heterocycles. The van der Waals surface area contributed by atoms with E-state index in [0.717, 1.165) is 24.6 Å². The SMILES string of the molecule is CCNC(CCOC)c1sccc1Cl. The fourth-order valence-electron chi connectivity index (χ4n) is 1.36. The first-order chi connectivity index (χ1) is 6.79. The normalized spacial score (nSPS) is 13.1. The quantitative estimate of drug-likeness (QED) is 0.816. The van der Waals surface area contributed by atoms with Crippen molar-refractivity contribution in [3.8, 4) is 0 Å². The minimum Gasteiger partial charge on any atom is -0.385 e. The Morgan fingerprint density at radius 3 is 2.93 bits per heavy atom. The molecule has 1 unspecified atom stereocenters. The Morgan fingerprint density at radius 2 is 2.43 bits per heavy atom. The Balaban J connectivity index is 2.62. The van der Waals surface area contributed by atoms with Crippen molar-refractivity contribution in [2.24, 2.45) is 0 Å². The van der Waals surface area contributed by atoms with Crippen molar-refractivity contribution in [1.82, 2.24) is 5.32 Å². The van der Waals surface area contributed by atoms with Gasteiger partial charge in [0.25, 0.3) is 0 Å². The molecule has 0 aliphatic rings. The van der Waals surface area contributed by atoms with E-state index in [0.29, 0.717) is 6.04 Å². The molecule has 0 bridgehead atoms. The Kier molecular flexibility index (Phi) is 5.48. The molecule has 1 rings (SSSR count). The van der Waals surface area contributed by atoms with E-state index < -0.39 is 0 Å². The van der Waals surface area contributed by atoms with Crippen LogP contribution in [0.2, 0.25) is 5.02 Å². The highest BCUT2D eigenvalue weighted by Gasteiger charge is 2.14. The summed E-state index contributed by atoms with van der Waals surface area (Å²) in [6, 6.07) is 2.27. The molecule has 1 heterocycles. The summed E-state index contributed by atoms with van der Waals surface area (Å²) in [4.78, 5) is 1.21. The number of hydrogen-bond donors (Lipinski definition) is 1. The van der Waals surface area contributed by atoms with Gasteiger partial charge in [0.15, 0.2) is 0 Å². The van der Waals surface area contributed by atoms with Gasteiger partial charge in [-0.25, -0.2) is 0 Å². The maximum atomic E-state index is 6.08. The standard InChI is InChI=1S/C10H16ClNOS/c1-3-12-9(4-6-13-2)10-8(11)5-7-14-10/h5,7,9,12H,3-4,6H2,1-2H3. The van der Waals surface area contributed by atoms with E-state index in [2.05, 4.69) is 12.2 Å². The maximum Gasteiger partial charge on any atom is 0.0561 e. The van der Waals surface area contributed by atoms with E-state index in [-0.39, 0.29) is 0 Å². The first kappa shape index (κ1) is 12.0. The van der Waals surface area contributed by atoms with Crippen LogP contribution < -0.4 is 5.32 Å². The van der Waals surface area contributed by atoms with Gasteiger partial charge in [0.05, 0.1) is 5.02 Å². The molecule has 4 heteroatoms. The van der Waals surface area contributed by atoms with Gasteiger partial charge in [-0.1, -0.05) is 18.5 Å². The van der Waals surface area contributed by atoms with E-state index in [9.17, 15) is 0 Å². The number of halogens is 1. The molecule has 0 saturated carbocycles. The Hall–Kier alpha value is -0.0900. The van der Waals surface area contributed by atoms with Crippen LogP contribution in [0.4, 0.5) is 0 Å². The van der Waals surface area contributed by atoms with Crippen LogP contribution in [-0.2, 0) is 4.74 Å². The highest BCUT2D eigenvalue weighted by Crippen LogP contribution is 2.30. The number of thiophene rings is 1. The molecule has 1 N–H and O–H groups in total. The van der Waals surface area contributed by atoms with E-state index in [1.54, 1.807) is 18.4 Å². The van der Waals surface area contributed by atoms with E-state index in [1.807, 2.05) is 11.4 Å². The van der Waals surface area contributed by atoms with Crippen LogP contribution in [-0.4, -0.2) is 20.3 Å². The summed E-state index contributed by atoms with van der Waals surface area (Å²) < 4.78 is 5.08. The average Bonchev–Trinajstić information content (AvgIpc) is 2.59. The van der Waals surface area contributed by atoms with Crippen LogP contribution in [0.25, 0.3) is 0 Å². The summed E-state index contributed by atoms with van der Waals surface area (Å²) in [6.07, 6.45) is 0.963. The minimum absolute atomic E-state index is 0.326. The summed E-state index contributed by atoms with van der Waals surface area (Å²) in [5.41, 5.74) is 0. The Morgan fingerprint density at radius 1 is 1.64 bits per heavy atom. The van der Waals surface area contributed by atoms with Crippen LogP contribution in [0.15, 0.2) is 11.4 Å². The molecule has 0 aliphatic heterocycles. The van der Waals surface area contributed by atoms with Gasteiger partial charge in [0, 0.05) is 24.6 Å². The molecule has 0 aliphatic carbocycles. The van der Waals surface area contributed by atoms with Crippen molar-refractivity contribution >= 4 is 22.9 Å². The number of rotatable bonds is 6. The third-order valence-electron chi connectivity index (χ3n) is 2.02. The second kappa shape index (κ2) is 6.40. The van der Waals surface area contributed by atoms with E-state index >= 15 is 0 Å². The molecule has 0 fully saturated rings. The largest absolute Gasteiger partial charge is 0.385 e. The van der Waals surface area contributed by atoms with Gasteiger partial charge in [0.1, 0.15) is 0 Å². The molecular formula is C10H16ClNOS. The first-order valence-corrected chi connectivity index (χ1v) is 6.00. The lowest BCUT2D eigenvalue weighted by atomic mass is 10.2. The summed E-state index contributed by atoms with van der Waals surface area (Å²) in [7, 11) is 1.72. The van der Waals surface area contributed by atoms with Gasteiger partial charge in [-0.2, -0.15) is 0 Å². The summed E-state index contributed by atoms with van der Waals surface area (Å²) in [6.45, 7) is 3.80. The molecule has 1 aromatic rings. The van der Waals surface area contributed by atoms with Crippen molar-refractivity contribution < 1.29 is 4.74 Å².